The molecule has 3 rings (SSSR count). The molecule has 0 radical (unpaired) electrons. The van der Waals surface area contributed by atoms with Gasteiger partial charge in [-0.3, -0.25) is 0 Å². The summed E-state index contributed by atoms with van der Waals surface area (Å²) in [6, 6.07) is 17.0. The number of ether oxygens (including phenoxy) is 1. The molecule has 0 aromatic heterocycles. The molecule has 1 heterocycles. The van der Waals surface area contributed by atoms with Crippen molar-refractivity contribution in [1.82, 2.24) is 5.32 Å². The van der Waals surface area contributed by atoms with Gasteiger partial charge in [-0.2, -0.15) is 0 Å². The molecule has 2 aromatic carbocycles. The molecule has 1 fully saturated rings. The summed E-state index contributed by atoms with van der Waals surface area (Å²) in [7, 11) is 0. The van der Waals surface area contributed by atoms with Crippen molar-refractivity contribution < 1.29 is 4.74 Å². The van der Waals surface area contributed by atoms with Gasteiger partial charge in [-0.15, -0.1) is 0 Å². The topological polar surface area (TPSA) is 21.3 Å². The molecule has 1 saturated heterocycles. The van der Waals surface area contributed by atoms with Crippen molar-refractivity contribution in [2.45, 2.75) is 51.2 Å². The van der Waals surface area contributed by atoms with Crippen molar-refractivity contribution in [2.75, 3.05) is 13.1 Å². The van der Waals surface area contributed by atoms with Crippen LogP contribution in [0.4, 0.5) is 0 Å². The lowest BCUT2D eigenvalue weighted by atomic mass is 9.86. The normalized spacial score (nSPS) is 21.3. The highest BCUT2D eigenvalue weighted by Gasteiger charge is 2.27. The smallest absolute Gasteiger partial charge is 0.0772 e. The van der Waals surface area contributed by atoms with Crippen LogP contribution in [-0.4, -0.2) is 19.2 Å². The third-order valence-electron chi connectivity index (χ3n) is 5.01. The molecular formula is C22H28ClNO. The highest BCUT2D eigenvalue weighted by atomic mass is 35.5. The van der Waals surface area contributed by atoms with E-state index in [0.717, 1.165) is 24.5 Å². The van der Waals surface area contributed by atoms with Crippen LogP contribution in [-0.2, 0) is 16.8 Å². The van der Waals surface area contributed by atoms with E-state index >= 15 is 0 Å². The first kappa shape index (κ1) is 18.4. The Morgan fingerprint density at radius 1 is 1.04 bits per heavy atom. The zero-order valence-electron chi connectivity index (χ0n) is 15.4. The monoisotopic (exact) mass is 357 g/mol. The van der Waals surface area contributed by atoms with E-state index < -0.39 is 0 Å². The number of rotatable bonds is 4. The van der Waals surface area contributed by atoms with Gasteiger partial charge in [0.2, 0.25) is 0 Å². The Balaban J connectivity index is 1.65. The predicted molar refractivity (Wildman–Crippen MR) is 105 cm³/mol. The SMILES string of the molecule is CC(C)(C)c1ccc(COC2CNCCC2c2ccc(Cl)cc2)cc1. The minimum atomic E-state index is 0.187. The fourth-order valence-electron chi connectivity index (χ4n) is 3.40. The molecule has 134 valence electrons. The first-order valence-corrected chi connectivity index (χ1v) is 9.48. The summed E-state index contributed by atoms with van der Waals surface area (Å²) in [5.74, 6) is 0.423. The van der Waals surface area contributed by atoms with Crippen LogP contribution in [0.3, 0.4) is 0 Å². The molecule has 2 nitrogen and oxygen atoms in total. The van der Waals surface area contributed by atoms with Gasteiger partial charge >= 0.3 is 0 Å². The highest BCUT2D eigenvalue weighted by molar-refractivity contribution is 6.30. The van der Waals surface area contributed by atoms with Crippen molar-refractivity contribution in [3.05, 3.63) is 70.2 Å². The Morgan fingerprint density at radius 2 is 1.72 bits per heavy atom. The fraction of sp³-hybridized carbons (Fsp3) is 0.455. The van der Waals surface area contributed by atoms with Crippen LogP contribution in [0.25, 0.3) is 0 Å². The van der Waals surface area contributed by atoms with Gasteiger partial charge in [0.15, 0.2) is 0 Å². The van der Waals surface area contributed by atoms with E-state index in [1.54, 1.807) is 0 Å². The summed E-state index contributed by atoms with van der Waals surface area (Å²) in [4.78, 5) is 0. The maximum atomic E-state index is 6.30. The van der Waals surface area contributed by atoms with Gasteiger partial charge in [0.1, 0.15) is 0 Å². The second-order valence-electron chi connectivity index (χ2n) is 7.95. The quantitative estimate of drug-likeness (QED) is 0.801. The number of benzene rings is 2. The van der Waals surface area contributed by atoms with Gasteiger partial charge in [-0.1, -0.05) is 68.8 Å². The van der Waals surface area contributed by atoms with Gasteiger partial charge in [-0.25, -0.2) is 0 Å². The van der Waals surface area contributed by atoms with Gasteiger partial charge in [0.05, 0.1) is 12.7 Å². The Bertz CT molecular complexity index is 673. The molecular weight excluding hydrogens is 330 g/mol. The van der Waals surface area contributed by atoms with Crippen LogP contribution in [0.15, 0.2) is 48.5 Å². The summed E-state index contributed by atoms with van der Waals surface area (Å²) in [5.41, 5.74) is 4.09. The van der Waals surface area contributed by atoms with Gasteiger partial charge in [0, 0.05) is 17.5 Å². The first-order chi connectivity index (χ1) is 11.9. The van der Waals surface area contributed by atoms with Crippen molar-refractivity contribution >= 4 is 11.6 Å². The summed E-state index contributed by atoms with van der Waals surface area (Å²) in [5, 5.41) is 4.25. The molecule has 2 unspecified atom stereocenters. The van der Waals surface area contributed by atoms with E-state index in [1.165, 1.54) is 16.7 Å². The lowest BCUT2D eigenvalue weighted by Gasteiger charge is -2.32. The Kier molecular flexibility index (Phi) is 5.83. The summed E-state index contributed by atoms with van der Waals surface area (Å²) >= 11 is 6.03. The van der Waals surface area contributed by atoms with E-state index in [1.807, 2.05) is 12.1 Å². The third kappa shape index (κ3) is 4.84. The van der Waals surface area contributed by atoms with Crippen LogP contribution >= 0.6 is 11.6 Å². The number of hydrogen-bond acceptors (Lipinski definition) is 2. The van der Waals surface area contributed by atoms with Crippen molar-refractivity contribution in [2.24, 2.45) is 0 Å². The van der Waals surface area contributed by atoms with E-state index in [0.29, 0.717) is 12.5 Å². The average Bonchev–Trinajstić information content (AvgIpc) is 2.61. The lowest BCUT2D eigenvalue weighted by molar-refractivity contribution is 0.0106. The second-order valence-corrected chi connectivity index (χ2v) is 8.38. The van der Waals surface area contributed by atoms with E-state index in [4.69, 9.17) is 16.3 Å². The zero-order chi connectivity index (χ0) is 17.9. The predicted octanol–water partition coefficient (Wildman–Crippen LogP) is 5.30. The van der Waals surface area contributed by atoms with Crippen molar-refractivity contribution in [1.29, 1.82) is 0 Å². The lowest BCUT2D eigenvalue weighted by Crippen LogP contribution is -2.40. The van der Waals surface area contributed by atoms with Crippen molar-refractivity contribution in [3.63, 3.8) is 0 Å². The van der Waals surface area contributed by atoms with Gasteiger partial charge < -0.3 is 10.1 Å². The molecule has 0 bridgehead atoms. The van der Waals surface area contributed by atoms with E-state index in [2.05, 4.69) is 62.5 Å². The summed E-state index contributed by atoms with van der Waals surface area (Å²) in [6.45, 7) is 9.30. The minimum Gasteiger partial charge on any atom is -0.372 e. The molecule has 1 N–H and O–H groups in total. The molecule has 0 amide bonds. The molecule has 1 aliphatic heterocycles. The molecule has 0 spiro atoms. The number of halogens is 1. The fourth-order valence-corrected chi connectivity index (χ4v) is 3.53. The molecule has 0 saturated carbocycles. The number of hydrogen-bond donors (Lipinski definition) is 1. The molecule has 0 aliphatic carbocycles. The summed E-state index contributed by atoms with van der Waals surface area (Å²) < 4.78 is 6.30. The number of piperidine rings is 1. The Morgan fingerprint density at radius 3 is 2.36 bits per heavy atom. The van der Waals surface area contributed by atoms with Gasteiger partial charge in [-0.05, 0) is 47.2 Å². The van der Waals surface area contributed by atoms with Crippen LogP contribution in [0.5, 0.6) is 0 Å². The average molecular weight is 358 g/mol. The molecule has 2 aromatic rings. The van der Waals surface area contributed by atoms with Crippen LogP contribution < -0.4 is 5.32 Å². The van der Waals surface area contributed by atoms with E-state index in [-0.39, 0.29) is 11.5 Å². The number of nitrogens with one attached hydrogen (secondary N) is 1. The minimum absolute atomic E-state index is 0.187. The Hall–Kier alpha value is -1.35. The second kappa shape index (κ2) is 7.90. The van der Waals surface area contributed by atoms with Gasteiger partial charge in [0.25, 0.3) is 0 Å². The third-order valence-corrected chi connectivity index (χ3v) is 5.26. The van der Waals surface area contributed by atoms with Crippen LogP contribution in [0.2, 0.25) is 5.02 Å². The molecule has 2 atom stereocenters. The molecule has 3 heteroatoms. The Labute approximate surface area is 156 Å². The maximum absolute atomic E-state index is 6.30. The molecule has 25 heavy (non-hydrogen) atoms. The highest BCUT2D eigenvalue weighted by Crippen LogP contribution is 2.29. The van der Waals surface area contributed by atoms with E-state index in [9.17, 15) is 0 Å². The van der Waals surface area contributed by atoms with Crippen molar-refractivity contribution in [3.8, 4) is 0 Å². The maximum Gasteiger partial charge on any atom is 0.0772 e. The van der Waals surface area contributed by atoms with Crippen LogP contribution in [0.1, 0.15) is 49.8 Å². The first-order valence-electron chi connectivity index (χ1n) is 9.11. The standard InChI is InChI=1S/C22H28ClNO/c1-22(2,3)18-8-4-16(5-9-18)15-25-21-14-24-13-12-20(21)17-6-10-19(23)11-7-17/h4-11,20-21,24H,12-15H2,1-3H3. The molecule has 1 aliphatic rings. The summed E-state index contributed by atoms with van der Waals surface area (Å²) in [6.07, 6.45) is 1.28. The largest absolute Gasteiger partial charge is 0.372 e. The van der Waals surface area contributed by atoms with Crippen LogP contribution in [0, 0.1) is 0 Å². The zero-order valence-corrected chi connectivity index (χ0v) is 16.1.